The molecule has 3 atom stereocenters. The molecule has 0 bridgehead atoms. The first-order valence-corrected chi connectivity index (χ1v) is 7.37. The third kappa shape index (κ3) is 1.48. The lowest BCUT2D eigenvalue weighted by atomic mass is 9.40. The van der Waals surface area contributed by atoms with E-state index >= 15 is 0 Å². The van der Waals surface area contributed by atoms with E-state index in [1.165, 1.54) is 44.9 Å². The lowest BCUT2D eigenvalue weighted by Gasteiger charge is -2.64. The standard InChI is InChI=1S/C16H30/c1-6-16-11-8-13(2)12-15(16,5)10-7-9-14(16,3)4/h13H,6-12H2,1-5H3. The summed E-state index contributed by atoms with van der Waals surface area (Å²) >= 11 is 0. The van der Waals surface area contributed by atoms with Crippen LogP contribution in [0.5, 0.6) is 0 Å². The number of hydrogen-bond acceptors (Lipinski definition) is 0. The fourth-order valence-electron chi connectivity index (χ4n) is 5.60. The van der Waals surface area contributed by atoms with Gasteiger partial charge in [0.2, 0.25) is 0 Å². The van der Waals surface area contributed by atoms with Crippen LogP contribution < -0.4 is 0 Å². The second-order valence-electron chi connectivity index (χ2n) is 7.58. The van der Waals surface area contributed by atoms with Gasteiger partial charge in [-0.3, -0.25) is 0 Å². The molecule has 0 N–H and O–H groups in total. The molecule has 0 heterocycles. The molecule has 2 saturated carbocycles. The monoisotopic (exact) mass is 222 g/mol. The van der Waals surface area contributed by atoms with Crippen molar-refractivity contribution in [3.05, 3.63) is 0 Å². The van der Waals surface area contributed by atoms with Crippen LogP contribution in [0.2, 0.25) is 0 Å². The van der Waals surface area contributed by atoms with E-state index in [-0.39, 0.29) is 0 Å². The topological polar surface area (TPSA) is 0 Å². The van der Waals surface area contributed by atoms with Crippen LogP contribution in [0, 0.1) is 22.2 Å². The van der Waals surface area contributed by atoms with Gasteiger partial charge in [-0.05, 0) is 54.3 Å². The summed E-state index contributed by atoms with van der Waals surface area (Å²) in [5.74, 6) is 0.957. The highest BCUT2D eigenvalue weighted by Gasteiger charge is 2.58. The molecule has 0 aromatic rings. The maximum Gasteiger partial charge on any atom is -0.0195 e. The first-order valence-electron chi connectivity index (χ1n) is 7.37. The molecule has 0 spiro atoms. The van der Waals surface area contributed by atoms with Crippen LogP contribution in [0.3, 0.4) is 0 Å². The smallest absolute Gasteiger partial charge is 0.0195 e. The predicted molar refractivity (Wildman–Crippen MR) is 71.5 cm³/mol. The van der Waals surface area contributed by atoms with Crippen molar-refractivity contribution in [2.75, 3.05) is 0 Å². The molecule has 2 aliphatic rings. The van der Waals surface area contributed by atoms with Crippen LogP contribution in [-0.2, 0) is 0 Å². The maximum absolute atomic E-state index is 2.60. The van der Waals surface area contributed by atoms with Crippen molar-refractivity contribution in [3.63, 3.8) is 0 Å². The van der Waals surface area contributed by atoms with Gasteiger partial charge in [0.05, 0.1) is 0 Å². The number of hydrogen-bond donors (Lipinski definition) is 0. The van der Waals surface area contributed by atoms with Crippen LogP contribution in [0.1, 0.15) is 79.6 Å². The molecular weight excluding hydrogens is 192 g/mol. The Labute approximate surface area is 102 Å². The van der Waals surface area contributed by atoms with Crippen molar-refractivity contribution >= 4 is 0 Å². The Morgan fingerprint density at radius 3 is 2.38 bits per heavy atom. The van der Waals surface area contributed by atoms with E-state index in [0.29, 0.717) is 16.2 Å². The lowest BCUT2D eigenvalue weighted by Crippen LogP contribution is -2.55. The molecule has 0 aromatic heterocycles. The van der Waals surface area contributed by atoms with Crippen molar-refractivity contribution in [1.29, 1.82) is 0 Å². The van der Waals surface area contributed by atoms with Gasteiger partial charge in [-0.15, -0.1) is 0 Å². The molecule has 0 heteroatoms. The second kappa shape index (κ2) is 3.75. The van der Waals surface area contributed by atoms with Gasteiger partial charge in [-0.1, -0.05) is 47.5 Å². The number of rotatable bonds is 1. The summed E-state index contributed by atoms with van der Waals surface area (Å²) < 4.78 is 0. The zero-order valence-corrected chi connectivity index (χ0v) is 12.0. The fraction of sp³-hybridized carbons (Fsp3) is 1.00. The van der Waals surface area contributed by atoms with Crippen molar-refractivity contribution in [2.45, 2.75) is 79.6 Å². The van der Waals surface area contributed by atoms with E-state index in [1.54, 1.807) is 0 Å². The Bertz CT molecular complexity index is 265. The van der Waals surface area contributed by atoms with E-state index in [4.69, 9.17) is 0 Å². The van der Waals surface area contributed by atoms with Crippen LogP contribution in [-0.4, -0.2) is 0 Å². The van der Waals surface area contributed by atoms with Crippen LogP contribution >= 0.6 is 0 Å². The lowest BCUT2D eigenvalue weighted by molar-refractivity contribution is -0.146. The quantitative estimate of drug-likeness (QED) is 0.556. The van der Waals surface area contributed by atoms with Gasteiger partial charge < -0.3 is 0 Å². The number of fused-ring (bicyclic) bond motifs is 1. The largest absolute Gasteiger partial charge is 0.0648 e. The summed E-state index contributed by atoms with van der Waals surface area (Å²) in [7, 11) is 0. The zero-order valence-electron chi connectivity index (χ0n) is 12.0. The highest BCUT2D eigenvalue weighted by molar-refractivity contribution is 5.08. The van der Waals surface area contributed by atoms with Crippen molar-refractivity contribution in [1.82, 2.24) is 0 Å². The molecule has 94 valence electrons. The molecule has 16 heavy (non-hydrogen) atoms. The van der Waals surface area contributed by atoms with E-state index in [1.807, 2.05) is 0 Å². The molecule has 0 aliphatic heterocycles. The predicted octanol–water partition coefficient (Wildman–Crippen LogP) is 5.42. The normalized spacial score (nSPS) is 47.4. The third-order valence-corrected chi connectivity index (χ3v) is 6.45. The van der Waals surface area contributed by atoms with E-state index in [9.17, 15) is 0 Å². The van der Waals surface area contributed by atoms with Gasteiger partial charge in [-0.25, -0.2) is 0 Å². The summed E-state index contributed by atoms with van der Waals surface area (Å²) in [5.41, 5.74) is 1.82. The Morgan fingerprint density at radius 1 is 1.06 bits per heavy atom. The highest BCUT2D eigenvalue weighted by atomic mass is 14.6. The van der Waals surface area contributed by atoms with E-state index in [2.05, 4.69) is 34.6 Å². The van der Waals surface area contributed by atoms with Crippen LogP contribution in [0.4, 0.5) is 0 Å². The summed E-state index contributed by atoms with van der Waals surface area (Å²) in [6, 6.07) is 0. The first kappa shape index (κ1) is 12.5. The molecule has 0 aromatic carbocycles. The van der Waals surface area contributed by atoms with Crippen LogP contribution in [0.15, 0.2) is 0 Å². The molecule has 2 fully saturated rings. The fourth-order valence-corrected chi connectivity index (χ4v) is 5.60. The van der Waals surface area contributed by atoms with Gasteiger partial charge in [-0.2, -0.15) is 0 Å². The third-order valence-electron chi connectivity index (χ3n) is 6.45. The van der Waals surface area contributed by atoms with E-state index in [0.717, 1.165) is 5.92 Å². The summed E-state index contributed by atoms with van der Waals surface area (Å²) in [4.78, 5) is 0. The second-order valence-corrected chi connectivity index (χ2v) is 7.58. The van der Waals surface area contributed by atoms with Crippen molar-refractivity contribution < 1.29 is 0 Å². The average Bonchev–Trinajstić information content (AvgIpc) is 2.16. The minimum atomic E-state index is 0.564. The molecule has 0 saturated heterocycles. The molecule has 3 unspecified atom stereocenters. The Morgan fingerprint density at radius 2 is 1.75 bits per heavy atom. The Balaban J connectivity index is 2.40. The van der Waals surface area contributed by atoms with Gasteiger partial charge in [0.1, 0.15) is 0 Å². The molecule has 0 nitrogen and oxygen atoms in total. The summed E-state index contributed by atoms with van der Waals surface area (Å²) in [6.07, 6.45) is 10.2. The molecule has 0 amide bonds. The maximum atomic E-state index is 2.60. The zero-order chi connectivity index (χ0) is 12.0. The summed E-state index contributed by atoms with van der Waals surface area (Å²) in [6.45, 7) is 12.6. The van der Waals surface area contributed by atoms with Crippen molar-refractivity contribution in [2.24, 2.45) is 22.2 Å². The van der Waals surface area contributed by atoms with Gasteiger partial charge in [0, 0.05) is 0 Å². The minimum absolute atomic E-state index is 0.564. The molecule has 0 radical (unpaired) electrons. The SMILES string of the molecule is CCC12CCC(C)CC1(C)CCCC2(C)C. The molecular formula is C16H30. The molecule has 2 rings (SSSR count). The summed E-state index contributed by atoms with van der Waals surface area (Å²) in [5, 5.41) is 0. The average molecular weight is 222 g/mol. The van der Waals surface area contributed by atoms with Gasteiger partial charge in [0.15, 0.2) is 0 Å². The van der Waals surface area contributed by atoms with Crippen LogP contribution in [0.25, 0.3) is 0 Å². The minimum Gasteiger partial charge on any atom is -0.0648 e. The Hall–Kier alpha value is 0. The van der Waals surface area contributed by atoms with Crippen molar-refractivity contribution in [3.8, 4) is 0 Å². The van der Waals surface area contributed by atoms with Gasteiger partial charge in [0.25, 0.3) is 0 Å². The molecule has 2 aliphatic carbocycles. The first-order chi connectivity index (χ1) is 7.37. The van der Waals surface area contributed by atoms with Gasteiger partial charge >= 0.3 is 0 Å². The highest BCUT2D eigenvalue weighted by Crippen LogP contribution is 2.68. The Kier molecular flexibility index (Phi) is 2.92. The van der Waals surface area contributed by atoms with E-state index < -0.39 is 0 Å².